The molecule has 1 atom stereocenters. The van der Waals surface area contributed by atoms with Gasteiger partial charge in [0.05, 0.1) is 12.8 Å². The van der Waals surface area contributed by atoms with Crippen LogP contribution in [0.4, 0.5) is 14.5 Å². The predicted molar refractivity (Wildman–Crippen MR) is 114 cm³/mol. The van der Waals surface area contributed by atoms with E-state index in [0.717, 1.165) is 17.8 Å². The van der Waals surface area contributed by atoms with Crippen LogP contribution >= 0.6 is 0 Å². The normalized spacial score (nSPS) is 18.2. The van der Waals surface area contributed by atoms with Gasteiger partial charge in [0.1, 0.15) is 11.6 Å². The van der Waals surface area contributed by atoms with E-state index in [2.05, 4.69) is 10.6 Å². The fourth-order valence-electron chi connectivity index (χ4n) is 4.27. The van der Waals surface area contributed by atoms with Crippen molar-refractivity contribution in [1.82, 2.24) is 5.32 Å². The summed E-state index contributed by atoms with van der Waals surface area (Å²) in [6.07, 6.45) is 1.71. The predicted octanol–water partition coefficient (Wildman–Crippen LogP) is 4.29. The van der Waals surface area contributed by atoms with Crippen molar-refractivity contribution in [2.24, 2.45) is 0 Å². The Morgan fingerprint density at radius 3 is 2.69 bits per heavy atom. The Morgan fingerprint density at radius 2 is 1.97 bits per heavy atom. The third-order valence-corrected chi connectivity index (χ3v) is 5.74. The Labute approximate surface area is 183 Å². The lowest BCUT2D eigenvalue weighted by Crippen LogP contribution is -2.35. The number of phenols is 1. The third-order valence-electron chi connectivity index (χ3n) is 5.74. The van der Waals surface area contributed by atoms with E-state index in [9.17, 15) is 23.5 Å². The average molecular weight is 440 g/mol. The first-order valence-corrected chi connectivity index (χ1v) is 10.2. The van der Waals surface area contributed by atoms with Crippen LogP contribution in [0.3, 0.4) is 0 Å². The van der Waals surface area contributed by atoms with Gasteiger partial charge in [0.2, 0.25) is 0 Å². The van der Waals surface area contributed by atoms with Gasteiger partial charge in [0.25, 0.3) is 5.91 Å². The first kappa shape index (κ1) is 21.5. The van der Waals surface area contributed by atoms with Crippen molar-refractivity contribution in [1.29, 1.82) is 0 Å². The molecule has 0 bridgehead atoms. The molecular formula is C24H22F2N2O4. The number of rotatable bonds is 4. The van der Waals surface area contributed by atoms with E-state index < -0.39 is 23.5 Å². The van der Waals surface area contributed by atoms with Crippen molar-refractivity contribution in [2.45, 2.75) is 32.1 Å². The number of ketones is 1. The molecule has 1 heterocycles. The smallest absolute Gasteiger partial charge is 0.254 e. The number of hydrogen-bond donors (Lipinski definition) is 3. The Kier molecular flexibility index (Phi) is 5.69. The van der Waals surface area contributed by atoms with Crippen LogP contribution in [0.1, 0.15) is 37.7 Å². The summed E-state index contributed by atoms with van der Waals surface area (Å²) in [4.78, 5) is 26.2. The van der Waals surface area contributed by atoms with Crippen LogP contribution in [0.5, 0.6) is 11.5 Å². The molecule has 0 spiro atoms. The van der Waals surface area contributed by atoms with Gasteiger partial charge in [-0.15, -0.1) is 0 Å². The lowest BCUT2D eigenvalue weighted by atomic mass is 9.75. The van der Waals surface area contributed by atoms with Crippen molar-refractivity contribution in [2.75, 3.05) is 12.4 Å². The summed E-state index contributed by atoms with van der Waals surface area (Å²) in [6, 6.07) is 7.52. The molecule has 0 radical (unpaired) electrons. The molecule has 0 unspecified atom stereocenters. The van der Waals surface area contributed by atoms with Gasteiger partial charge in [-0.05, 0) is 49.6 Å². The van der Waals surface area contributed by atoms with Gasteiger partial charge >= 0.3 is 0 Å². The van der Waals surface area contributed by atoms with Crippen LogP contribution in [-0.4, -0.2) is 23.9 Å². The van der Waals surface area contributed by atoms with Gasteiger partial charge in [-0.1, -0.05) is 6.07 Å². The maximum atomic E-state index is 14.2. The maximum Gasteiger partial charge on any atom is 0.254 e. The molecule has 6 nitrogen and oxygen atoms in total. The number of nitrogens with one attached hydrogen (secondary N) is 2. The Morgan fingerprint density at radius 1 is 1.19 bits per heavy atom. The molecule has 166 valence electrons. The SMILES string of the molecule is COc1cc([C@@H]2C(C(=O)Nc3ccc(F)cc3F)=C(C)NC3=C2C(=O)CCC3)ccc1O. The summed E-state index contributed by atoms with van der Waals surface area (Å²) >= 11 is 0. The first-order chi connectivity index (χ1) is 15.3. The molecule has 0 saturated carbocycles. The van der Waals surface area contributed by atoms with Crippen LogP contribution in [0.15, 0.2) is 58.9 Å². The number of Topliss-reactive ketones (excluding diaryl/α,β-unsaturated/α-hetero) is 1. The molecule has 1 aliphatic carbocycles. The van der Waals surface area contributed by atoms with Crippen LogP contribution < -0.4 is 15.4 Å². The highest BCUT2D eigenvalue weighted by Gasteiger charge is 2.38. The third kappa shape index (κ3) is 3.84. The van der Waals surface area contributed by atoms with Crippen LogP contribution in [0.25, 0.3) is 0 Å². The number of carbonyl (C=O) groups is 2. The molecule has 2 aromatic rings. The van der Waals surface area contributed by atoms with Gasteiger partial charge in [-0.25, -0.2) is 8.78 Å². The first-order valence-electron chi connectivity index (χ1n) is 10.2. The van der Waals surface area contributed by atoms with E-state index in [1.165, 1.54) is 13.2 Å². The summed E-state index contributed by atoms with van der Waals surface area (Å²) in [5.41, 5.74) is 2.38. The van der Waals surface area contributed by atoms with Gasteiger partial charge in [0, 0.05) is 40.9 Å². The molecule has 2 aliphatic rings. The second kappa shape index (κ2) is 8.45. The molecule has 0 aromatic heterocycles. The van der Waals surface area contributed by atoms with Crippen LogP contribution in [0.2, 0.25) is 0 Å². The largest absolute Gasteiger partial charge is 0.504 e. The minimum atomic E-state index is -0.906. The minimum absolute atomic E-state index is 0.0746. The van der Waals surface area contributed by atoms with Crippen LogP contribution in [0, 0.1) is 11.6 Å². The number of halogens is 2. The number of aromatic hydroxyl groups is 1. The zero-order valence-corrected chi connectivity index (χ0v) is 17.6. The van der Waals surface area contributed by atoms with Gasteiger partial charge in [0.15, 0.2) is 17.3 Å². The van der Waals surface area contributed by atoms with E-state index in [1.807, 2.05) is 0 Å². The molecule has 2 aromatic carbocycles. The summed E-state index contributed by atoms with van der Waals surface area (Å²) in [7, 11) is 1.41. The molecule has 8 heteroatoms. The summed E-state index contributed by atoms with van der Waals surface area (Å²) in [6.45, 7) is 1.71. The van der Waals surface area contributed by atoms with E-state index in [-0.39, 0.29) is 28.5 Å². The average Bonchev–Trinajstić information content (AvgIpc) is 2.75. The van der Waals surface area contributed by atoms with E-state index in [0.29, 0.717) is 42.2 Å². The van der Waals surface area contributed by atoms with Gasteiger partial charge in [-0.2, -0.15) is 0 Å². The highest BCUT2D eigenvalue weighted by Crippen LogP contribution is 2.44. The van der Waals surface area contributed by atoms with Gasteiger partial charge in [-0.3, -0.25) is 9.59 Å². The maximum absolute atomic E-state index is 14.2. The molecule has 1 aliphatic heterocycles. The number of methoxy groups -OCH3 is 1. The van der Waals surface area contributed by atoms with E-state index in [4.69, 9.17) is 4.74 Å². The number of carbonyl (C=O) groups excluding carboxylic acids is 2. The molecule has 0 fully saturated rings. The number of anilines is 1. The zero-order chi connectivity index (χ0) is 23.0. The van der Waals surface area contributed by atoms with Crippen molar-refractivity contribution in [3.63, 3.8) is 0 Å². The van der Waals surface area contributed by atoms with Crippen molar-refractivity contribution in [3.05, 3.63) is 76.1 Å². The standard InChI is InChI=1S/C24H22F2N2O4/c1-12-21(24(31)28-16-8-7-14(25)11-15(16)26)22(13-6-9-18(29)20(10-13)32-2)23-17(27-12)4-3-5-19(23)30/h6-11,22,27,29H,3-5H2,1-2H3,(H,28,31)/t22-/m1/s1. The summed E-state index contributed by atoms with van der Waals surface area (Å²) in [5.74, 6) is -2.98. The lowest BCUT2D eigenvalue weighted by Gasteiger charge is -2.34. The van der Waals surface area contributed by atoms with Gasteiger partial charge < -0.3 is 20.5 Å². The highest BCUT2D eigenvalue weighted by molar-refractivity contribution is 6.09. The quantitative estimate of drug-likeness (QED) is 0.660. The summed E-state index contributed by atoms with van der Waals surface area (Å²) in [5, 5.41) is 15.7. The molecule has 4 rings (SSSR count). The Hall–Kier alpha value is -3.68. The highest BCUT2D eigenvalue weighted by atomic mass is 19.1. The van der Waals surface area contributed by atoms with Crippen LogP contribution in [-0.2, 0) is 9.59 Å². The fraction of sp³-hybridized carbons (Fsp3) is 0.250. The van der Waals surface area contributed by atoms with Crippen molar-refractivity contribution >= 4 is 17.4 Å². The molecule has 32 heavy (non-hydrogen) atoms. The van der Waals surface area contributed by atoms with E-state index in [1.54, 1.807) is 19.1 Å². The zero-order valence-electron chi connectivity index (χ0n) is 17.6. The second-order valence-corrected chi connectivity index (χ2v) is 7.78. The van der Waals surface area contributed by atoms with Crippen molar-refractivity contribution in [3.8, 4) is 11.5 Å². The number of dihydropyridines is 1. The second-order valence-electron chi connectivity index (χ2n) is 7.78. The fourth-order valence-corrected chi connectivity index (χ4v) is 4.27. The van der Waals surface area contributed by atoms with Crippen molar-refractivity contribution < 1.29 is 28.2 Å². The minimum Gasteiger partial charge on any atom is -0.504 e. The monoisotopic (exact) mass is 440 g/mol. The molecule has 0 saturated heterocycles. The Balaban J connectivity index is 1.81. The number of benzene rings is 2. The number of ether oxygens (including phenoxy) is 1. The van der Waals surface area contributed by atoms with E-state index >= 15 is 0 Å². The summed E-state index contributed by atoms with van der Waals surface area (Å²) < 4.78 is 32.7. The molecule has 3 N–H and O–H groups in total. The number of amides is 1. The number of phenolic OH excluding ortho intramolecular Hbond substituents is 1. The lowest BCUT2D eigenvalue weighted by molar-refractivity contribution is -0.116. The Bertz CT molecular complexity index is 1190. The topological polar surface area (TPSA) is 87.7 Å². The molecule has 1 amide bonds. The number of hydrogen-bond acceptors (Lipinski definition) is 5. The number of allylic oxidation sites excluding steroid dienone is 3. The molecular weight excluding hydrogens is 418 g/mol.